The topological polar surface area (TPSA) is 186 Å². The van der Waals surface area contributed by atoms with Gasteiger partial charge in [-0.25, -0.2) is 0 Å². The van der Waals surface area contributed by atoms with E-state index in [4.69, 9.17) is 18.9 Å². The molecule has 0 aromatic rings. The van der Waals surface area contributed by atoms with E-state index in [1.54, 1.807) is 0 Å². The number of rotatable bonds is 54. The molecule has 4 N–H and O–H groups in total. The van der Waals surface area contributed by atoms with Gasteiger partial charge in [0.1, 0.15) is 36.8 Å². The molecule has 0 saturated carbocycles. The lowest BCUT2D eigenvalue weighted by atomic mass is 10.00. The van der Waals surface area contributed by atoms with E-state index in [1.165, 1.54) is 225 Å². The first-order valence-corrected chi connectivity index (χ1v) is 32.5. The van der Waals surface area contributed by atoms with Gasteiger partial charge in [0, 0.05) is 12.8 Å². The van der Waals surface area contributed by atoms with E-state index in [1.807, 2.05) is 0 Å². The number of aliphatic hydroxyl groups is 3. The molecule has 12 nitrogen and oxygen atoms in total. The second kappa shape index (κ2) is 50.6. The number of aliphatic hydroxyl groups excluding tert-OH is 3. The summed E-state index contributed by atoms with van der Waals surface area (Å²) >= 11 is 0. The summed E-state index contributed by atoms with van der Waals surface area (Å²) in [7, 11) is -4.61. The van der Waals surface area contributed by atoms with Gasteiger partial charge in [0.15, 0.2) is 12.4 Å². The molecular formula is C61H114O12S. The molecule has 0 aromatic heterocycles. The van der Waals surface area contributed by atoms with Gasteiger partial charge in [-0.15, -0.1) is 0 Å². The second-order valence-electron chi connectivity index (χ2n) is 21.7. The molecule has 0 amide bonds. The standard InChI is InChI=1S/C61H114O12S/c1-3-5-7-9-11-13-15-17-19-21-23-25-27-29-31-33-35-37-39-41-43-45-47-49-56(62)70-51-54(52-71-61-60(66)59(65)58(64)55(73-61)53-74(67,68)69)72-57(63)50-48-46-44-42-40-38-36-34-32-30-28-26-24-22-20-18-16-14-12-10-8-6-4-2/h41-44,54-55,58-61,64-66H,3-40,45-53H2,1-2H3,(H,67,68,69)/b43-41+,44-42+/t54-,55-,58-,59?,60?,61+/m1/s1. The highest BCUT2D eigenvalue weighted by Gasteiger charge is 2.46. The summed E-state index contributed by atoms with van der Waals surface area (Å²) in [4.78, 5) is 25.6. The fourth-order valence-corrected chi connectivity index (χ4v) is 10.4. The third kappa shape index (κ3) is 44.1. The van der Waals surface area contributed by atoms with Crippen molar-refractivity contribution >= 4 is 22.1 Å². The lowest BCUT2D eigenvalue weighted by Gasteiger charge is -2.40. The van der Waals surface area contributed by atoms with Gasteiger partial charge in [0.05, 0.1) is 6.61 Å². The van der Waals surface area contributed by atoms with Crippen LogP contribution in [0.5, 0.6) is 0 Å². The molecule has 0 radical (unpaired) electrons. The molecule has 436 valence electrons. The van der Waals surface area contributed by atoms with Crippen LogP contribution in [0, 0.1) is 0 Å². The van der Waals surface area contributed by atoms with Gasteiger partial charge in [-0.1, -0.05) is 256 Å². The molecule has 0 spiro atoms. The molecule has 13 heteroatoms. The Morgan fingerprint density at radius 1 is 0.446 bits per heavy atom. The van der Waals surface area contributed by atoms with Gasteiger partial charge < -0.3 is 34.3 Å². The quantitative estimate of drug-likeness (QED) is 0.0196. The fourth-order valence-electron chi connectivity index (χ4n) is 9.75. The molecule has 0 aliphatic carbocycles. The minimum Gasteiger partial charge on any atom is -0.462 e. The van der Waals surface area contributed by atoms with E-state index >= 15 is 0 Å². The number of carbonyl (C=O) groups is 2. The number of esters is 2. The van der Waals surface area contributed by atoms with Crippen LogP contribution in [-0.2, 0) is 38.7 Å². The zero-order valence-corrected chi connectivity index (χ0v) is 48.3. The molecule has 6 atom stereocenters. The van der Waals surface area contributed by atoms with E-state index in [-0.39, 0.29) is 19.4 Å². The Labute approximate surface area is 453 Å². The van der Waals surface area contributed by atoms with Crippen LogP contribution in [0.3, 0.4) is 0 Å². The van der Waals surface area contributed by atoms with E-state index in [0.29, 0.717) is 19.3 Å². The van der Waals surface area contributed by atoms with Crippen LogP contribution in [0.4, 0.5) is 0 Å². The predicted molar refractivity (Wildman–Crippen MR) is 303 cm³/mol. The minimum atomic E-state index is -4.61. The van der Waals surface area contributed by atoms with Crippen LogP contribution < -0.4 is 0 Å². The van der Waals surface area contributed by atoms with Crippen molar-refractivity contribution in [2.24, 2.45) is 0 Å². The van der Waals surface area contributed by atoms with Gasteiger partial charge in [-0.2, -0.15) is 8.42 Å². The highest BCUT2D eigenvalue weighted by molar-refractivity contribution is 7.85. The van der Waals surface area contributed by atoms with Crippen LogP contribution in [-0.4, -0.2) is 96.0 Å². The zero-order chi connectivity index (χ0) is 54.0. The molecule has 0 bridgehead atoms. The molecule has 1 saturated heterocycles. The number of allylic oxidation sites excluding steroid dienone is 4. The second-order valence-corrected chi connectivity index (χ2v) is 23.2. The first-order chi connectivity index (χ1) is 36.0. The summed E-state index contributed by atoms with van der Waals surface area (Å²) in [6, 6.07) is 0. The smallest absolute Gasteiger partial charge is 0.306 e. The van der Waals surface area contributed by atoms with Gasteiger partial charge in [-0.05, 0) is 51.4 Å². The number of hydrogen-bond acceptors (Lipinski definition) is 11. The maximum atomic E-state index is 12.9. The van der Waals surface area contributed by atoms with Crippen molar-refractivity contribution in [3.8, 4) is 0 Å². The van der Waals surface area contributed by atoms with E-state index in [0.717, 1.165) is 25.7 Å². The maximum Gasteiger partial charge on any atom is 0.306 e. The summed E-state index contributed by atoms with van der Waals surface area (Å²) < 4.78 is 54.4. The minimum absolute atomic E-state index is 0.115. The molecular weight excluding hydrogens is 957 g/mol. The summed E-state index contributed by atoms with van der Waals surface area (Å²) in [5, 5.41) is 31.1. The Morgan fingerprint density at radius 3 is 1.12 bits per heavy atom. The lowest BCUT2D eigenvalue weighted by Crippen LogP contribution is -2.60. The summed E-state index contributed by atoms with van der Waals surface area (Å²) in [6.45, 7) is 3.79. The Hall–Kier alpha value is -1.87. The summed E-state index contributed by atoms with van der Waals surface area (Å²) in [5.41, 5.74) is 0. The lowest BCUT2D eigenvalue weighted by molar-refractivity contribution is -0.297. The van der Waals surface area contributed by atoms with Crippen LogP contribution in [0.1, 0.15) is 296 Å². The summed E-state index contributed by atoms with van der Waals surface area (Å²) in [6.07, 6.45) is 52.5. The molecule has 1 heterocycles. The van der Waals surface area contributed by atoms with Crippen LogP contribution >= 0.6 is 0 Å². The number of hydrogen-bond donors (Lipinski definition) is 4. The number of unbranched alkanes of at least 4 members (excludes halogenated alkanes) is 38. The van der Waals surface area contributed by atoms with Crippen molar-refractivity contribution in [3.05, 3.63) is 24.3 Å². The van der Waals surface area contributed by atoms with E-state index in [2.05, 4.69) is 38.2 Å². The third-order valence-corrected chi connectivity index (χ3v) is 15.3. The van der Waals surface area contributed by atoms with Crippen molar-refractivity contribution in [3.63, 3.8) is 0 Å². The van der Waals surface area contributed by atoms with Crippen LogP contribution in [0.25, 0.3) is 0 Å². The molecule has 1 rings (SSSR count). The highest BCUT2D eigenvalue weighted by Crippen LogP contribution is 2.24. The number of ether oxygens (including phenoxy) is 4. The van der Waals surface area contributed by atoms with Crippen molar-refractivity contribution in [1.29, 1.82) is 0 Å². The maximum absolute atomic E-state index is 12.9. The predicted octanol–water partition coefficient (Wildman–Crippen LogP) is 15.5. The van der Waals surface area contributed by atoms with Crippen LogP contribution in [0.2, 0.25) is 0 Å². The number of carbonyl (C=O) groups excluding carboxylic acids is 2. The Bertz CT molecular complexity index is 1440. The molecule has 74 heavy (non-hydrogen) atoms. The third-order valence-electron chi connectivity index (χ3n) is 14.5. The first-order valence-electron chi connectivity index (χ1n) is 30.9. The average Bonchev–Trinajstić information content (AvgIpc) is 3.37. The van der Waals surface area contributed by atoms with Gasteiger partial charge in [0.25, 0.3) is 10.1 Å². The Balaban J connectivity index is 2.30. The van der Waals surface area contributed by atoms with Crippen molar-refractivity contribution in [2.45, 2.75) is 333 Å². The molecule has 1 aliphatic rings. The van der Waals surface area contributed by atoms with Crippen molar-refractivity contribution in [2.75, 3.05) is 19.0 Å². The van der Waals surface area contributed by atoms with Gasteiger partial charge in [0.2, 0.25) is 0 Å². The molecule has 1 aliphatic heterocycles. The Morgan fingerprint density at radius 2 is 0.770 bits per heavy atom. The van der Waals surface area contributed by atoms with E-state index < -0.39 is 71.2 Å². The Kier molecular flexibility index (Phi) is 48.0. The van der Waals surface area contributed by atoms with Crippen molar-refractivity contribution in [1.82, 2.24) is 0 Å². The normalized spacial score (nSPS) is 18.7. The average molecular weight is 1070 g/mol. The van der Waals surface area contributed by atoms with E-state index in [9.17, 15) is 37.9 Å². The molecule has 2 unspecified atom stereocenters. The fraction of sp³-hybridized carbons (Fsp3) is 0.902. The SMILES string of the molecule is CCCCCCCCCCCCCCCCCCCC/C=C/CCCC(=O)OC[C@H](CO[C@H]1O[C@H](CS(=O)(=O)O)[C@@H](O)C(O)C1O)OC(=O)CCC/C=C/CCCCCCCCCCCCCCCCCCCC. The van der Waals surface area contributed by atoms with Gasteiger partial charge >= 0.3 is 11.9 Å². The van der Waals surface area contributed by atoms with Crippen LogP contribution in [0.15, 0.2) is 24.3 Å². The first kappa shape index (κ1) is 70.1. The molecule has 1 fully saturated rings. The zero-order valence-electron chi connectivity index (χ0n) is 47.5. The monoisotopic (exact) mass is 1070 g/mol. The van der Waals surface area contributed by atoms with Crippen molar-refractivity contribution < 1.29 is 56.8 Å². The summed E-state index contributed by atoms with van der Waals surface area (Å²) in [5.74, 6) is -2.05. The van der Waals surface area contributed by atoms with Gasteiger partial charge in [-0.3, -0.25) is 14.1 Å². The largest absolute Gasteiger partial charge is 0.462 e. The highest BCUT2D eigenvalue weighted by atomic mass is 32.2. The molecule has 0 aromatic carbocycles.